The largest absolute Gasteiger partial charge is 0.381 e. The summed E-state index contributed by atoms with van der Waals surface area (Å²) in [4.78, 5) is 26.9. The van der Waals surface area contributed by atoms with Crippen LogP contribution in [-0.4, -0.2) is 43.0 Å². The number of para-hydroxylation sites is 1. The summed E-state index contributed by atoms with van der Waals surface area (Å²) in [5.74, 6) is -0.120. The highest BCUT2D eigenvalue weighted by molar-refractivity contribution is 6.00. The van der Waals surface area contributed by atoms with Crippen molar-refractivity contribution in [1.82, 2.24) is 10.2 Å². The standard InChI is InChI=1S/C27H33N5O2/c1-3-32(4-2)19-18-28-26(33)22-12-16-25(17-13-22)31-27(34)30-24-14-10-21(11-15-24)20-29-23-8-6-5-7-9-23/h5-17,29H,3-4,18-20H2,1-2H3,(H,28,33)(H2,30,31,34). The number of hydrogen-bond acceptors (Lipinski definition) is 4. The van der Waals surface area contributed by atoms with E-state index < -0.39 is 0 Å². The summed E-state index contributed by atoms with van der Waals surface area (Å²) in [6, 6.07) is 24.2. The average molecular weight is 460 g/mol. The SMILES string of the molecule is CCN(CC)CCNC(=O)c1ccc(NC(=O)Nc2ccc(CNc3ccccc3)cc2)cc1. The lowest BCUT2D eigenvalue weighted by molar-refractivity contribution is 0.0949. The summed E-state index contributed by atoms with van der Waals surface area (Å²) in [6.07, 6.45) is 0. The number of nitrogens with one attached hydrogen (secondary N) is 4. The van der Waals surface area contributed by atoms with Gasteiger partial charge in [0.15, 0.2) is 0 Å². The molecule has 34 heavy (non-hydrogen) atoms. The molecule has 178 valence electrons. The van der Waals surface area contributed by atoms with E-state index in [1.54, 1.807) is 24.3 Å². The van der Waals surface area contributed by atoms with Crippen LogP contribution in [0.3, 0.4) is 0 Å². The maximum Gasteiger partial charge on any atom is 0.323 e. The van der Waals surface area contributed by atoms with E-state index in [1.165, 1.54) is 0 Å². The van der Waals surface area contributed by atoms with Crippen molar-refractivity contribution in [3.05, 3.63) is 90.0 Å². The minimum absolute atomic E-state index is 0.120. The Bertz CT molecular complexity index is 1030. The fourth-order valence-corrected chi connectivity index (χ4v) is 3.43. The van der Waals surface area contributed by atoms with E-state index in [0.717, 1.165) is 30.9 Å². The molecule has 0 aliphatic carbocycles. The lowest BCUT2D eigenvalue weighted by Crippen LogP contribution is -2.34. The fourth-order valence-electron chi connectivity index (χ4n) is 3.43. The molecular formula is C27H33N5O2. The molecular weight excluding hydrogens is 426 g/mol. The van der Waals surface area contributed by atoms with Crippen molar-refractivity contribution in [2.45, 2.75) is 20.4 Å². The van der Waals surface area contributed by atoms with E-state index in [9.17, 15) is 9.59 Å². The van der Waals surface area contributed by atoms with Crippen LogP contribution in [0.1, 0.15) is 29.8 Å². The third-order valence-corrected chi connectivity index (χ3v) is 5.50. The van der Waals surface area contributed by atoms with Crippen LogP contribution in [0, 0.1) is 0 Å². The lowest BCUT2D eigenvalue weighted by Gasteiger charge is -2.18. The molecule has 0 unspecified atom stereocenters. The third-order valence-electron chi connectivity index (χ3n) is 5.50. The number of amides is 3. The van der Waals surface area contributed by atoms with Crippen molar-refractivity contribution >= 4 is 29.0 Å². The topological polar surface area (TPSA) is 85.5 Å². The molecule has 3 rings (SSSR count). The highest BCUT2D eigenvalue weighted by Crippen LogP contribution is 2.14. The maximum absolute atomic E-state index is 12.3. The molecule has 7 heteroatoms. The summed E-state index contributed by atoms with van der Waals surface area (Å²) >= 11 is 0. The van der Waals surface area contributed by atoms with Gasteiger partial charge >= 0.3 is 6.03 Å². The van der Waals surface area contributed by atoms with Gasteiger partial charge in [-0.25, -0.2) is 4.79 Å². The molecule has 0 bridgehead atoms. The van der Waals surface area contributed by atoms with Gasteiger partial charge in [0.2, 0.25) is 0 Å². The van der Waals surface area contributed by atoms with Crippen LogP contribution in [-0.2, 0) is 6.54 Å². The molecule has 0 radical (unpaired) electrons. The highest BCUT2D eigenvalue weighted by atomic mass is 16.2. The molecule has 3 amide bonds. The van der Waals surface area contributed by atoms with Crippen LogP contribution >= 0.6 is 0 Å². The first-order valence-corrected chi connectivity index (χ1v) is 11.6. The molecule has 0 heterocycles. The van der Waals surface area contributed by atoms with Crippen LogP contribution in [0.5, 0.6) is 0 Å². The molecule has 7 nitrogen and oxygen atoms in total. The van der Waals surface area contributed by atoms with Crippen LogP contribution < -0.4 is 21.3 Å². The summed E-state index contributed by atoms with van der Waals surface area (Å²) in [5, 5.41) is 11.9. The Balaban J connectivity index is 1.43. The first-order chi connectivity index (χ1) is 16.6. The van der Waals surface area contributed by atoms with Gasteiger partial charge in [-0.05, 0) is 67.2 Å². The number of benzene rings is 3. The zero-order chi connectivity index (χ0) is 24.2. The Morgan fingerprint density at radius 2 is 1.32 bits per heavy atom. The quantitative estimate of drug-likeness (QED) is 0.325. The van der Waals surface area contributed by atoms with E-state index in [2.05, 4.69) is 40.0 Å². The smallest absolute Gasteiger partial charge is 0.323 e. The van der Waals surface area contributed by atoms with Crippen molar-refractivity contribution in [1.29, 1.82) is 0 Å². The van der Waals surface area contributed by atoms with E-state index in [1.807, 2.05) is 54.6 Å². The molecule has 3 aromatic carbocycles. The normalized spacial score (nSPS) is 10.6. The molecule has 0 atom stereocenters. The Kier molecular flexibility index (Phi) is 9.49. The number of carbonyl (C=O) groups is 2. The molecule has 0 aliphatic heterocycles. The lowest BCUT2D eigenvalue weighted by atomic mass is 10.2. The van der Waals surface area contributed by atoms with Crippen LogP contribution in [0.2, 0.25) is 0 Å². The molecule has 0 aromatic heterocycles. The van der Waals surface area contributed by atoms with Crippen LogP contribution in [0.15, 0.2) is 78.9 Å². The van der Waals surface area contributed by atoms with E-state index >= 15 is 0 Å². The van der Waals surface area contributed by atoms with Crippen molar-refractivity contribution in [3.8, 4) is 0 Å². The molecule has 0 aliphatic rings. The third kappa shape index (κ3) is 7.94. The van der Waals surface area contributed by atoms with Crippen LogP contribution in [0.4, 0.5) is 21.9 Å². The zero-order valence-corrected chi connectivity index (χ0v) is 19.8. The second-order valence-electron chi connectivity index (χ2n) is 7.86. The molecule has 0 saturated heterocycles. The van der Waals surface area contributed by atoms with Gasteiger partial charge < -0.3 is 26.2 Å². The molecule has 0 saturated carbocycles. The van der Waals surface area contributed by atoms with Crippen molar-refractivity contribution in [2.75, 3.05) is 42.1 Å². The number of carbonyl (C=O) groups excluding carboxylic acids is 2. The van der Waals surface area contributed by atoms with Gasteiger partial charge in [0.05, 0.1) is 0 Å². The van der Waals surface area contributed by atoms with Crippen molar-refractivity contribution in [2.24, 2.45) is 0 Å². The van der Waals surface area contributed by atoms with Gasteiger partial charge in [-0.3, -0.25) is 4.79 Å². The summed E-state index contributed by atoms with van der Waals surface area (Å²) in [7, 11) is 0. The molecule has 4 N–H and O–H groups in total. The fraction of sp³-hybridized carbons (Fsp3) is 0.259. The van der Waals surface area contributed by atoms with Gasteiger partial charge in [-0.15, -0.1) is 0 Å². The Hall–Kier alpha value is -3.84. The minimum Gasteiger partial charge on any atom is -0.381 e. The predicted molar refractivity (Wildman–Crippen MR) is 139 cm³/mol. The van der Waals surface area contributed by atoms with E-state index in [4.69, 9.17) is 0 Å². The summed E-state index contributed by atoms with van der Waals surface area (Å²) < 4.78 is 0. The monoisotopic (exact) mass is 459 g/mol. The second kappa shape index (κ2) is 13.0. The second-order valence-corrected chi connectivity index (χ2v) is 7.86. The van der Waals surface area contributed by atoms with Gasteiger partial charge in [0.1, 0.15) is 0 Å². The number of anilines is 3. The summed E-state index contributed by atoms with van der Waals surface area (Å²) in [5.41, 5.74) is 4.05. The first-order valence-electron chi connectivity index (χ1n) is 11.6. The molecule has 0 spiro atoms. The predicted octanol–water partition coefficient (Wildman–Crippen LogP) is 5.01. The number of nitrogens with zero attached hydrogens (tertiary/aromatic N) is 1. The number of urea groups is 1. The molecule has 0 fully saturated rings. The van der Waals surface area contributed by atoms with Crippen molar-refractivity contribution in [3.63, 3.8) is 0 Å². The summed E-state index contributed by atoms with van der Waals surface area (Å²) in [6.45, 7) is 8.26. The van der Waals surface area contributed by atoms with Gasteiger partial charge in [-0.2, -0.15) is 0 Å². The van der Waals surface area contributed by atoms with E-state index in [0.29, 0.717) is 30.0 Å². The van der Waals surface area contributed by atoms with Gasteiger partial charge in [-0.1, -0.05) is 44.2 Å². The number of rotatable bonds is 11. The van der Waals surface area contributed by atoms with Gasteiger partial charge in [0.25, 0.3) is 5.91 Å². The molecule has 3 aromatic rings. The minimum atomic E-state index is -0.341. The number of hydrogen-bond donors (Lipinski definition) is 4. The zero-order valence-electron chi connectivity index (χ0n) is 19.8. The Labute approximate surface area is 201 Å². The van der Waals surface area contributed by atoms with Crippen molar-refractivity contribution < 1.29 is 9.59 Å². The number of likely N-dealkylation sites (N-methyl/N-ethyl adjacent to an activating group) is 1. The van der Waals surface area contributed by atoms with Crippen LogP contribution in [0.25, 0.3) is 0 Å². The highest BCUT2D eigenvalue weighted by Gasteiger charge is 2.08. The maximum atomic E-state index is 12.3. The Morgan fingerprint density at radius 1 is 0.735 bits per heavy atom. The first kappa shape index (κ1) is 24.8. The average Bonchev–Trinajstić information content (AvgIpc) is 2.87. The van der Waals surface area contributed by atoms with E-state index in [-0.39, 0.29) is 11.9 Å². The Morgan fingerprint density at radius 3 is 1.91 bits per heavy atom. The van der Waals surface area contributed by atoms with Gasteiger partial charge in [0, 0.05) is 42.3 Å².